The number of hydrogen-bond acceptors (Lipinski definition) is 2. The molecule has 0 atom stereocenters. The lowest BCUT2D eigenvalue weighted by Crippen LogP contribution is -2.14. The summed E-state index contributed by atoms with van der Waals surface area (Å²) in [5.74, 6) is 0.341. The minimum absolute atomic E-state index is 0.249. The Balaban J connectivity index is 1.80. The van der Waals surface area contributed by atoms with E-state index in [9.17, 15) is 4.79 Å². The number of esters is 1. The number of hydrogen-bond donors (Lipinski definition) is 0. The van der Waals surface area contributed by atoms with Crippen molar-refractivity contribution in [3.8, 4) is 5.75 Å². The zero-order valence-electron chi connectivity index (χ0n) is 10.5. The van der Waals surface area contributed by atoms with E-state index >= 15 is 0 Å². The van der Waals surface area contributed by atoms with Crippen LogP contribution in [0.1, 0.15) is 17.5 Å². The van der Waals surface area contributed by atoms with E-state index in [2.05, 4.69) is 6.07 Å². The van der Waals surface area contributed by atoms with Crippen LogP contribution < -0.4 is 4.74 Å². The monoisotopic (exact) mass is 250 g/mol. The average Bonchev–Trinajstić information content (AvgIpc) is 2.48. The summed E-state index contributed by atoms with van der Waals surface area (Å²) in [7, 11) is 0. The first-order valence-corrected chi connectivity index (χ1v) is 6.38. The first-order valence-electron chi connectivity index (χ1n) is 6.38. The standard InChI is InChI=1S/C17H14O2/c18-17(19-16-8-2-1-3-9-16)15-11-10-13-6-4-5-7-14(13)12-15/h1-9,12H,10-11H2. The van der Waals surface area contributed by atoms with Gasteiger partial charge in [-0.1, -0.05) is 42.5 Å². The summed E-state index contributed by atoms with van der Waals surface area (Å²) < 4.78 is 5.36. The van der Waals surface area contributed by atoms with E-state index in [1.54, 1.807) is 12.1 Å². The second kappa shape index (κ2) is 5.11. The van der Waals surface area contributed by atoms with Gasteiger partial charge in [0.2, 0.25) is 0 Å². The summed E-state index contributed by atoms with van der Waals surface area (Å²) >= 11 is 0. The van der Waals surface area contributed by atoms with Gasteiger partial charge in [-0.3, -0.25) is 0 Å². The first kappa shape index (κ1) is 11.7. The maximum absolute atomic E-state index is 12.1. The molecule has 0 saturated heterocycles. The third-order valence-corrected chi connectivity index (χ3v) is 3.26. The van der Waals surface area contributed by atoms with Crippen molar-refractivity contribution >= 4 is 12.0 Å². The lowest BCUT2D eigenvalue weighted by molar-refractivity contribution is -0.130. The first-order chi connectivity index (χ1) is 9.33. The van der Waals surface area contributed by atoms with Gasteiger partial charge in [-0.15, -0.1) is 0 Å². The van der Waals surface area contributed by atoms with E-state index in [1.807, 2.05) is 42.5 Å². The van der Waals surface area contributed by atoms with Gasteiger partial charge in [0.25, 0.3) is 0 Å². The molecule has 2 aromatic carbocycles. The number of carbonyl (C=O) groups excluding carboxylic acids is 1. The fourth-order valence-electron chi connectivity index (χ4n) is 2.25. The van der Waals surface area contributed by atoms with Crippen molar-refractivity contribution < 1.29 is 9.53 Å². The van der Waals surface area contributed by atoms with Gasteiger partial charge < -0.3 is 4.74 Å². The Morgan fingerprint density at radius 3 is 2.47 bits per heavy atom. The molecule has 0 spiro atoms. The number of carbonyl (C=O) groups is 1. The van der Waals surface area contributed by atoms with Crippen molar-refractivity contribution in [3.63, 3.8) is 0 Å². The topological polar surface area (TPSA) is 26.3 Å². The summed E-state index contributed by atoms with van der Waals surface area (Å²) in [6.07, 6.45) is 3.57. The lowest BCUT2D eigenvalue weighted by atomic mass is 9.92. The number of ether oxygens (including phenoxy) is 1. The van der Waals surface area contributed by atoms with E-state index in [1.165, 1.54) is 5.56 Å². The molecule has 0 fully saturated rings. The Labute approximate surface area is 112 Å². The van der Waals surface area contributed by atoms with Gasteiger partial charge in [-0.05, 0) is 42.2 Å². The number of rotatable bonds is 2. The molecular formula is C17H14O2. The highest BCUT2D eigenvalue weighted by Crippen LogP contribution is 2.24. The number of fused-ring (bicyclic) bond motifs is 1. The van der Waals surface area contributed by atoms with Gasteiger partial charge in [0, 0.05) is 5.57 Å². The summed E-state index contributed by atoms with van der Waals surface area (Å²) in [5, 5.41) is 0. The van der Waals surface area contributed by atoms with Crippen molar-refractivity contribution in [2.75, 3.05) is 0 Å². The number of benzene rings is 2. The molecule has 0 unspecified atom stereocenters. The molecule has 0 aromatic heterocycles. The molecule has 0 bridgehead atoms. The van der Waals surface area contributed by atoms with Gasteiger partial charge in [-0.25, -0.2) is 4.79 Å². The molecule has 1 aliphatic rings. The highest BCUT2D eigenvalue weighted by molar-refractivity contribution is 5.96. The van der Waals surface area contributed by atoms with E-state index in [0.717, 1.165) is 24.0 Å². The summed E-state index contributed by atoms with van der Waals surface area (Å²) in [6.45, 7) is 0. The van der Waals surface area contributed by atoms with Gasteiger partial charge >= 0.3 is 5.97 Å². The Morgan fingerprint density at radius 1 is 0.895 bits per heavy atom. The Kier molecular flexibility index (Phi) is 3.15. The van der Waals surface area contributed by atoms with Crippen LogP contribution in [0, 0.1) is 0 Å². The highest BCUT2D eigenvalue weighted by Gasteiger charge is 2.17. The van der Waals surface area contributed by atoms with Crippen LogP contribution in [0.4, 0.5) is 0 Å². The molecule has 94 valence electrons. The van der Waals surface area contributed by atoms with E-state index in [0.29, 0.717) is 5.75 Å². The van der Waals surface area contributed by atoms with Crippen LogP contribution in [0.5, 0.6) is 5.75 Å². The van der Waals surface area contributed by atoms with Gasteiger partial charge in [0.1, 0.15) is 5.75 Å². The molecule has 0 aliphatic heterocycles. The van der Waals surface area contributed by atoms with Crippen LogP contribution in [-0.2, 0) is 11.2 Å². The Bertz CT molecular complexity index is 627. The van der Waals surface area contributed by atoms with Crippen molar-refractivity contribution in [3.05, 3.63) is 71.3 Å². The third kappa shape index (κ3) is 2.58. The molecule has 0 radical (unpaired) electrons. The van der Waals surface area contributed by atoms with Gasteiger partial charge in [0.05, 0.1) is 0 Å². The molecule has 1 aliphatic carbocycles. The maximum Gasteiger partial charge on any atom is 0.339 e. The van der Waals surface area contributed by atoms with Crippen LogP contribution >= 0.6 is 0 Å². The minimum Gasteiger partial charge on any atom is -0.423 e. The molecular weight excluding hydrogens is 236 g/mol. The third-order valence-electron chi connectivity index (χ3n) is 3.26. The highest BCUT2D eigenvalue weighted by atomic mass is 16.5. The van der Waals surface area contributed by atoms with Crippen molar-refractivity contribution in [1.82, 2.24) is 0 Å². The second-order valence-corrected chi connectivity index (χ2v) is 4.57. The SMILES string of the molecule is O=C(Oc1ccccc1)C1=Cc2ccccc2CC1. The van der Waals surface area contributed by atoms with E-state index in [-0.39, 0.29) is 5.97 Å². The quantitative estimate of drug-likeness (QED) is 0.601. The molecule has 19 heavy (non-hydrogen) atoms. The summed E-state index contributed by atoms with van der Waals surface area (Å²) in [5.41, 5.74) is 3.15. The van der Waals surface area contributed by atoms with Crippen LogP contribution in [0.15, 0.2) is 60.2 Å². The second-order valence-electron chi connectivity index (χ2n) is 4.57. The van der Waals surface area contributed by atoms with Crippen LogP contribution in [0.2, 0.25) is 0 Å². The van der Waals surface area contributed by atoms with Crippen LogP contribution in [0.3, 0.4) is 0 Å². The van der Waals surface area contributed by atoms with Crippen molar-refractivity contribution in [2.45, 2.75) is 12.8 Å². The maximum atomic E-state index is 12.1. The summed E-state index contributed by atoms with van der Waals surface area (Å²) in [4.78, 5) is 12.1. The van der Waals surface area contributed by atoms with E-state index < -0.39 is 0 Å². The van der Waals surface area contributed by atoms with Crippen LogP contribution in [0.25, 0.3) is 6.08 Å². The average molecular weight is 250 g/mol. The molecule has 0 N–H and O–H groups in total. The molecule has 0 heterocycles. The minimum atomic E-state index is -0.249. The zero-order chi connectivity index (χ0) is 13.1. The predicted octanol–water partition coefficient (Wildman–Crippen LogP) is 3.62. The molecule has 2 heteroatoms. The Hall–Kier alpha value is -2.35. The zero-order valence-corrected chi connectivity index (χ0v) is 10.5. The molecule has 0 saturated carbocycles. The normalized spacial score (nSPS) is 13.4. The largest absolute Gasteiger partial charge is 0.423 e. The Morgan fingerprint density at radius 2 is 1.63 bits per heavy atom. The summed E-state index contributed by atoms with van der Waals surface area (Å²) in [6, 6.07) is 17.3. The van der Waals surface area contributed by atoms with Gasteiger partial charge in [-0.2, -0.15) is 0 Å². The fraction of sp³-hybridized carbons (Fsp3) is 0.118. The number of aryl methyl sites for hydroxylation is 1. The number of para-hydroxylation sites is 1. The fourth-order valence-corrected chi connectivity index (χ4v) is 2.25. The molecule has 2 aromatic rings. The van der Waals surface area contributed by atoms with Crippen molar-refractivity contribution in [1.29, 1.82) is 0 Å². The molecule has 2 nitrogen and oxygen atoms in total. The predicted molar refractivity (Wildman–Crippen MR) is 74.8 cm³/mol. The molecule has 3 rings (SSSR count). The van der Waals surface area contributed by atoms with Crippen molar-refractivity contribution in [2.24, 2.45) is 0 Å². The lowest BCUT2D eigenvalue weighted by Gasteiger charge is -2.15. The van der Waals surface area contributed by atoms with E-state index in [4.69, 9.17) is 4.74 Å². The molecule has 0 amide bonds. The van der Waals surface area contributed by atoms with Gasteiger partial charge in [0.15, 0.2) is 0 Å². The smallest absolute Gasteiger partial charge is 0.339 e. The van der Waals surface area contributed by atoms with Crippen LogP contribution in [-0.4, -0.2) is 5.97 Å².